The molecule has 4 rings (SSSR count). The summed E-state index contributed by atoms with van der Waals surface area (Å²) in [6, 6.07) is 24.1. The number of hydrogen-bond acceptors (Lipinski definition) is 3. The van der Waals surface area contributed by atoms with Crippen LogP contribution < -0.4 is 10.1 Å². The van der Waals surface area contributed by atoms with E-state index in [0.29, 0.717) is 19.7 Å². The van der Waals surface area contributed by atoms with Crippen LogP contribution in [0.25, 0.3) is 21.8 Å². The molecule has 0 aliphatic heterocycles. The van der Waals surface area contributed by atoms with Crippen LogP contribution in [0.2, 0.25) is 0 Å². The highest BCUT2D eigenvalue weighted by Crippen LogP contribution is 2.28. The Morgan fingerprint density at radius 2 is 1.63 bits per heavy atom. The Kier molecular flexibility index (Phi) is 6.35. The Labute approximate surface area is 164 Å². The summed E-state index contributed by atoms with van der Waals surface area (Å²) in [7, 11) is 0. The van der Waals surface area contributed by atoms with Crippen molar-refractivity contribution >= 4 is 34.2 Å². The van der Waals surface area contributed by atoms with Gasteiger partial charge in [0.1, 0.15) is 12.4 Å². The van der Waals surface area contributed by atoms with Gasteiger partial charge in [-0.3, -0.25) is 0 Å². The second kappa shape index (κ2) is 8.91. The van der Waals surface area contributed by atoms with Crippen LogP contribution in [-0.4, -0.2) is 29.8 Å². The number of H-pyrrole nitrogens is 1. The summed E-state index contributed by atoms with van der Waals surface area (Å²) < 4.78 is 5.83. The van der Waals surface area contributed by atoms with E-state index in [4.69, 9.17) is 4.74 Å². The summed E-state index contributed by atoms with van der Waals surface area (Å²) in [5, 5.41) is 15.8. The number of rotatable bonds is 7. The molecule has 0 radical (unpaired) electrons. The maximum absolute atomic E-state index is 10.1. The van der Waals surface area contributed by atoms with Gasteiger partial charge in [-0.1, -0.05) is 48.5 Å². The number of ether oxygens (including phenoxy) is 1. The fraction of sp³-hybridized carbons (Fsp3) is 0.182. The lowest BCUT2D eigenvalue weighted by Crippen LogP contribution is -2.26. The van der Waals surface area contributed by atoms with E-state index in [0.717, 1.165) is 22.3 Å². The molecule has 4 nitrogen and oxygen atoms in total. The Morgan fingerprint density at radius 1 is 0.889 bits per heavy atom. The number of benzene rings is 3. The van der Waals surface area contributed by atoms with Gasteiger partial charge in [-0.25, -0.2) is 0 Å². The topological polar surface area (TPSA) is 57.3 Å². The van der Waals surface area contributed by atoms with Gasteiger partial charge in [0, 0.05) is 35.4 Å². The maximum Gasteiger partial charge on any atom is 0.121 e. The van der Waals surface area contributed by atoms with Gasteiger partial charge in [0.15, 0.2) is 0 Å². The molecule has 0 aliphatic carbocycles. The van der Waals surface area contributed by atoms with Gasteiger partial charge in [-0.2, -0.15) is 0 Å². The summed E-state index contributed by atoms with van der Waals surface area (Å²) in [6.07, 6.45) is -0.501. The molecule has 27 heavy (non-hydrogen) atoms. The molecule has 4 aromatic rings. The zero-order valence-corrected chi connectivity index (χ0v) is 15.7. The van der Waals surface area contributed by atoms with Gasteiger partial charge in [-0.15, -0.1) is 12.4 Å². The molecule has 0 aliphatic rings. The molecule has 0 spiro atoms. The highest BCUT2D eigenvalue weighted by Gasteiger charge is 2.06. The number of fused-ring (bicyclic) bond motifs is 3. The number of halogens is 1. The lowest BCUT2D eigenvalue weighted by molar-refractivity contribution is 0.172. The summed E-state index contributed by atoms with van der Waals surface area (Å²) in [5.74, 6) is 0.842. The third-order valence-electron chi connectivity index (χ3n) is 4.55. The summed E-state index contributed by atoms with van der Waals surface area (Å²) in [4.78, 5) is 3.42. The fourth-order valence-corrected chi connectivity index (χ4v) is 3.20. The first-order valence-corrected chi connectivity index (χ1v) is 8.88. The van der Waals surface area contributed by atoms with E-state index >= 15 is 0 Å². The van der Waals surface area contributed by atoms with Gasteiger partial charge in [0.2, 0.25) is 0 Å². The molecule has 140 valence electrons. The number of aliphatic hydroxyl groups is 1. The average Bonchev–Trinajstić information content (AvgIpc) is 3.06. The molecule has 3 aromatic carbocycles. The SMILES string of the molecule is Cl.O[C@@H](CNCCOc1ccc2c(c1)[nH]c1ccccc12)c1ccccc1. The minimum absolute atomic E-state index is 0. The second-order valence-electron chi connectivity index (χ2n) is 6.36. The largest absolute Gasteiger partial charge is 0.492 e. The highest BCUT2D eigenvalue weighted by atomic mass is 35.5. The first-order valence-electron chi connectivity index (χ1n) is 8.88. The molecule has 0 amide bonds. The molecule has 1 heterocycles. The molecule has 3 N–H and O–H groups in total. The second-order valence-corrected chi connectivity index (χ2v) is 6.36. The third-order valence-corrected chi connectivity index (χ3v) is 4.55. The van der Waals surface area contributed by atoms with Crippen LogP contribution in [0.5, 0.6) is 5.75 Å². The van der Waals surface area contributed by atoms with Crippen molar-refractivity contribution in [2.75, 3.05) is 19.7 Å². The average molecular weight is 383 g/mol. The van der Waals surface area contributed by atoms with Gasteiger partial charge in [0.25, 0.3) is 0 Å². The van der Waals surface area contributed by atoms with E-state index in [1.165, 1.54) is 10.8 Å². The number of nitrogens with one attached hydrogen (secondary N) is 2. The van der Waals surface area contributed by atoms with Gasteiger partial charge in [0.05, 0.1) is 11.6 Å². The number of aromatic amines is 1. The van der Waals surface area contributed by atoms with Crippen molar-refractivity contribution in [3.63, 3.8) is 0 Å². The zero-order chi connectivity index (χ0) is 17.8. The highest BCUT2D eigenvalue weighted by molar-refractivity contribution is 6.07. The van der Waals surface area contributed by atoms with E-state index < -0.39 is 6.10 Å². The first kappa shape index (κ1) is 19.2. The molecule has 5 heteroatoms. The van der Waals surface area contributed by atoms with Gasteiger partial charge in [-0.05, 0) is 23.8 Å². The van der Waals surface area contributed by atoms with E-state index in [2.05, 4.69) is 34.6 Å². The van der Waals surface area contributed by atoms with Crippen LogP contribution in [-0.2, 0) is 0 Å². The summed E-state index contributed by atoms with van der Waals surface area (Å²) in [6.45, 7) is 1.73. The summed E-state index contributed by atoms with van der Waals surface area (Å²) in [5.41, 5.74) is 3.14. The number of para-hydroxylation sites is 1. The van der Waals surface area contributed by atoms with Crippen LogP contribution in [0.3, 0.4) is 0 Å². The number of hydrogen-bond donors (Lipinski definition) is 3. The van der Waals surface area contributed by atoms with Crippen LogP contribution in [0.1, 0.15) is 11.7 Å². The lowest BCUT2D eigenvalue weighted by Gasteiger charge is -2.12. The summed E-state index contributed by atoms with van der Waals surface area (Å²) >= 11 is 0. The van der Waals surface area contributed by atoms with Crippen molar-refractivity contribution in [3.05, 3.63) is 78.4 Å². The van der Waals surface area contributed by atoms with E-state index in [-0.39, 0.29) is 12.4 Å². The predicted octanol–water partition coefficient (Wildman–Crippen LogP) is 4.44. The number of aromatic nitrogens is 1. The minimum atomic E-state index is -0.501. The van der Waals surface area contributed by atoms with Crippen molar-refractivity contribution in [2.24, 2.45) is 0 Å². The quantitative estimate of drug-likeness (QED) is 0.414. The van der Waals surface area contributed by atoms with Crippen molar-refractivity contribution < 1.29 is 9.84 Å². The van der Waals surface area contributed by atoms with Crippen LogP contribution in [0, 0.1) is 0 Å². The third kappa shape index (κ3) is 4.42. The lowest BCUT2D eigenvalue weighted by atomic mass is 10.1. The molecule has 0 unspecified atom stereocenters. The Balaban J connectivity index is 0.00000210. The fourth-order valence-electron chi connectivity index (χ4n) is 3.20. The van der Waals surface area contributed by atoms with E-state index in [1.807, 2.05) is 48.5 Å². The Hall–Kier alpha value is -2.53. The van der Waals surface area contributed by atoms with Crippen LogP contribution in [0.15, 0.2) is 72.8 Å². The molecule has 0 saturated carbocycles. The Morgan fingerprint density at radius 3 is 2.48 bits per heavy atom. The standard InChI is InChI=1S/C22H22N2O2.ClH/c25-22(16-6-2-1-3-7-16)15-23-12-13-26-17-10-11-19-18-8-4-5-9-20(18)24-21(19)14-17;/h1-11,14,22-25H,12-13,15H2;1H/t22-;/m0./s1. The van der Waals surface area contributed by atoms with Crippen molar-refractivity contribution in [2.45, 2.75) is 6.10 Å². The van der Waals surface area contributed by atoms with Crippen molar-refractivity contribution in [3.8, 4) is 5.75 Å². The van der Waals surface area contributed by atoms with E-state index in [9.17, 15) is 5.11 Å². The monoisotopic (exact) mass is 382 g/mol. The maximum atomic E-state index is 10.1. The minimum Gasteiger partial charge on any atom is -0.492 e. The molecular formula is C22H23ClN2O2. The molecule has 0 saturated heterocycles. The van der Waals surface area contributed by atoms with Crippen LogP contribution >= 0.6 is 12.4 Å². The van der Waals surface area contributed by atoms with Crippen molar-refractivity contribution in [1.82, 2.24) is 10.3 Å². The van der Waals surface area contributed by atoms with Crippen molar-refractivity contribution in [1.29, 1.82) is 0 Å². The zero-order valence-electron chi connectivity index (χ0n) is 14.9. The van der Waals surface area contributed by atoms with Gasteiger partial charge >= 0.3 is 0 Å². The molecule has 1 aromatic heterocycles. The van der Waals surface area contributed by atoms with Crippen LogP contribution in [0.4, 0.5) is 0 Å². The molecule has 0 fully saturated rings. The predicted molar refractivity (Wildman–Crippen MR) is 113 cm³/mol. The molecule has 1 atom stereocenters. The first-order chi connectivity index (χ1) is 12.8. The normalized spacial score (nSPS) is 12.0. The smallest absolute Gasteiger partial charge is 0.121 e. The molecular weight excluding hydrogens is 360 g/mol. The van der Waals surface area contributed by atoms with Gasteiger partial charge < -0.3 is 20.1 Å². The molecule has 0 bridgehead atoms. The number of aliphatic hydroxyl groups excluding tert-OH is 1. The van der Waals surface area contributed by atoms with E-state index in [1.54, 1.807) is 0 Å². The Bertz CT molecular complexity index is 1000.